The molecule has 3 N–H and O–H groups in total. The van der Waals surface area contributed by atoms with Crippen molar-refractivity contribution in [2.45, 2.75) is 20.4 Å². The number of aromatic nitrogens is 4. The zero-order valence-corrected chi connectivity index (χ0v) is 13.7. The third-order valence-corrected chi connectivity index (χ3v) is 4.40. The zero-order valence-electron chi connectivity index (χ0n) is 13.7. The van der Waals surface area contributed by atoms with E-state index in [0.29, 0.717) is 12.1 Å². The van der Waals surface area contributed by atoms with Crippen LogP contribution in [0.1, 0.15) is 27.4 Å². The van der Waals surface area contributed by atoms with Gasteiger partial charge in [0.15, 0.2) is 5.65 Å². The summed E-state index contributed by atoms with van der Waals surface area (Å²) in [5, 5.41) is 8.34. The number of carbonyl (C=O) groups excluding carboxylic acids is 1. The van der Waals surface area contributed by atoms with Gasteiger partial charge >= 0.3 is 5.91 Å². The molecule has 3 heterocycles. The lowest BCUT2D eigenvalue weighted by Crippen LogP contribution is -2.56. The summed E-state index contributed by atoms with van der Waals surface area (Å²) in [7, 11) is 0. The third-order valence-electron chi connectivity index (χ3n) is 4.40. The Labute approximate surface area is 138 Å². The summed E-state index contributed by atoms with van der Waals surface area (Å²) < 4.78 is 4.30. The van der Waals surface area contributed by atoms with E-state index in [9.17, 15) is 4.79 Å². The molecule has 0 unspecified atom stereocenters. The molecular weight excluding hydrogens is 302 g/mol. The Morgan fingerprint density at radius 2 is 1.92 bits per heavy atom. The molecule has 120 valence electrons. The van der Waals surface area contributed by atoms with Gasteiger partial charge in [-0.25, -0.2) is 4.79 Å². The maximum absolute atomic E-state index is 11.5. The first-order valence-electron chi connectivity index (χ1n) is 7.80. The van der Waals surface area contributed by atoms with Crippen LogP contribution < -0.4 is 5.73 Å². The first-order chi connectivity index (χ1) is 11.5. The van der Waals surface area contributed by atoms with Gasteiger partial charge in [0.25, 0.3) is 0 Å². The van der Waals surface area contributed by atoms with E-state index in [4.69, 9.17) is 0 Å². The number of carbonyl (C=O) groups is 1. The van der Waals surface area contributed by atoms with Crippen LogP contribution in [0, 0.1) is 13.8 Å². The normalized spacial score (nSPS) is 11.5. The highest BCUT2D eigenvalue weighted by atomic mass is 16.1. The Bertz CT molecular complexity index is 1090. The number of nitrogens with zero attached hydrogens (tertiary/aromatic N) is 4. The van der Waals surface area contributed by atoms with Crippen molar-refractivity contribution in [1.82, 2.24) is 19.2 Å². The quantitative estimate of drug-likeness (QED) is 0.624. The number of pyridine rings is 1. The molecule has 0 atom stereocenters. The molecule has 3 aromatic heterocycles. The maximum atomic E-state index is 11.5. The molecule has 0 spiro atoms. The molecule has 0 aliphatic carbocycles. The molecule has 4 aromatic rings. The van der Waals surface area contributed by atoms with E-state index in [-0.39, 0.29) is 5.91 Å². The van der Waals surface area contributed by atoms with Crippen LogP contribution in [-0.4, -0.2) is 25.1 Å². The summed E-state index contributed by atoms with van der Waals surface area (Å²) in [6.45, 7) is 4.74. The van der Waals surface area contributed by atoms with E-state index in [1.54, 1.807) is 6.07 Å². The Hall–Kier alpha value is -2.99. The number of amides is 1. The van der Waals surface area contributed by atoms with Crippen LogP contribution in [0.5, 0.6) is 0 Å². The van der Waals surface area contributed by atoms with E-state index in [2.05, 4.69) is 44.0 Å². The Morgan fingerprint density at radius 1 is 1.08 bits per heavy atom. The molecular formula is C18H18N5O+. The van der Waals surface area contributed by atoms with Gasteiger partial charge in [-0.1, -0.05) is 12.1 Å². The molecule has 0 saturated carbocycles. The van der Waals surface area contributed by atoms with Crippen molar-refractivity contribution in [2.75, 3.05) is 0 Å². The summed E-state index contributed by atoms with van der Waals surface area (Å²) in [5.74, 6) is 0.713. The highest BCUT2D eigenvalue weighted by molar-refractivity contribution is 5.86. The van der Waals surface area contributed by atoms with Gasteiger partial charge in [-0.2, -0.15) is 0 Å². The zero-order chi connectivity index (χ0) is 16.8. The lowest BCUT2D eigenvalue weighted by molar-refractivity contribution is -0.255. The van der Waals surface area contributed by atoms with E-state index in [1.807, 2.05) is 31.2 Å². The average molecular weight is 320 g/mol. The van der Waals surface area contributed by atoms with Crippen LogP contribution in [0.2, 0.25) is 0 Å². The van der Waals surface area contributed by atoms with Gasteiger partial charge in [-0.15, -0.1) is 10.2 Å². The third kappa shape index (κ3) is 2.19. The van der Waals surface area contributed by atoms with Crippen molar-refractivity contribution in [3.63, 3.8) is 0 Å². The SMILES string of the molecule is Cc1cc2c(ccc3nnc(C)n32)n1Cc1cccc(C([NH3+])=O)c1. The van der Waals surface area contributed by atoms with E-state index < -0.39 is 0 Å². The second-order valence-corrected chi connectivity index (χ2v) is 6.04. The minimum absolute atomic E-state index is 0.159. The summed E-state index contributed by atoms with van der Waals surface area (Å²) in [4.78, 5) is 11.5. The molecule has 1 amide bonds. The highest BCUT2D eigenvalue weighted by Gasteiger charge is 2.12. The van der Waals surface area contributed by atoms with Gasteiger partial charge in [-0.3, -0.25) is 10.1 Å². The minimum atomic E-state index is -0.159. The molecule has 4 rings (SSSR count). The smallest absolute Gasteiger partial charge is 0.339 e. The summed E-state index contributed by atoms with van der Waals surface area (Å²) in [6.07, 6.45) is 0. The largest absolute Gasteiger partial charge is 0.340 e. The van der Waals surface area contributed by atoms with Crippen LogP contribution >= 0.6 is 0 Å². The summed E-state index contributed by atoms with van der Waals surface area (Å²) >= 11 is 0. The standard InChI is InChI=1S/C18H17N5O/c1-11-8-16-15(6-7-17-21-20-12(2)23(16)17)22(11)10-13-4-3-5-14(9-13)18(19)24/h3-9H,10H2,1-2H3,(H2,19,24)/p+1. The summed E-state index contributed by atoms with van der Waals surface area (Å²) in [6, 6.07) is 13.8. The molecule has 24 heavy (non-hydrogen) atoms. The van der Waals surface area contributed by atoms with Crippen molar-refractivity contribution in [3.05, 3.63) is 65.1 Å². The second kappa shape index (κ2) is 5.28. The van der Waals surface area contributed by atoms with Crippen LogP contribution in [-0.2, 0) is 6.54 Å². The molecule has 0 aliphatic rings. The van der Waals surface area contributed by atoms with Crippen LogP contribution in [0.25, 0.3) is 16.7 Å². The maximum Gasteiger partial charge on any atom is 0.340 e. The first-order valence-corrected chi connectivity index (χ1v) is 7.80. The van der Waals surface area contributed by atoms with Crippen molar-refractivity contribution >= 4 is 22.6 Å². The van der Waals surface area contributed by atoms with Crippen molar-refractivity contribution in [3.8, 4) is 0 Å². The molecule has 6 heteroatoms. The number of quaternary nitrogens is 1. The Kier molecular flexibility index (Phi) is 3.21. The predicted molar refractivity (Wildman–Crippen MR) is 90.7 cm³/mol. The molecule has 0 aliphatic heterocycles. The van der Waals surface area contributed by atoms with Crippen molar-refractivity contribution in [2.24, 2.45) is 0 Å². The Morgan fingerprint density at radius 3 is 2.71 bits per heavy atom. The molecule has 0 radical (unpaired) electrons. The molecule has 6 nitrogen and oxygen atoms in total. The lowest BCUT2D eigenvalue weighted by Gasteiger charge is -2.09. The monoisotopic (exact) mass is 320 g/mol. The molecule has 0 fully saturated rings. The average Bonchev–Trinajstić information content (AvgIpc) is 3.09. The number of fused-ring (bicyclic) bond motifs is 3. The number of benzene rings is 1. The number of aryl methyl sites for hydroxylation is 2. The second-order valence-electron chi connectivity index (χ2n) is 6.04. The van der Waals surface area contributed by atoms with Crippen molar-refractivity contribution in [1.29, 1.82) is 0 Å². The summed E-state index contributed by atoms with van der Waals surface area (Å²) in [5.41, 5.74) is 9.41. The van der Waals surface area contributed by atoms with Gasteiger partial charge in [0.05, 0.1) is 16.6 Å². The number of rotatable bonds is 3. The molecule has 0 saturated heterocycles. The molecule has 1 aromatic carbocycles. The fraction of sp³-hybridized carbons (Fsp3) is 0.167. The minimum Gasteiger partial charge on any atom is -0.339 e. The fourth-order valence-electron chi connectivity index (χ4n) is 3.21. The van der Waals surface area contributed by atoms with Gasteiger partial charge in [0, 0.05) is 12.2 Å². The van der Waals surface area contributed by atoms with E-state index >= 15 is 0 Å². The lowest BCUT2D eigenvalue weighted by atomic mass is 10.1. The molecule has 0 bridgehead atoms. The fourth-order valence-corrected chi connectivity index (χ4v) is 3.21. The predicted octanol–water partition coefficient (Wildman–Crippen LogP) is 1.73. The van der Waals surface area contributed by atoms with Gasteiger partial charge in [0.1, 0.15) is 5.82 Å². The van der Waals surface area contributed by atoms with Crippen LogP contribution in [0.3, 0.4) is 0 Å². The van der Waals surface area contributed by atoms with E-state index in [0.717, 1.165) is 33.8 Å². The Balaban J connectivity index is 1.86. The number of hydrogen-bond donors (Lipinski definition) is 1. The highest BCUT2D eigenvalue weighted by Crippen LogP contribution is 2.23. The van der Waals surface area contributed by atoms with Crippen LogP contribution in [0.15, 0.2) is 42.5 Å². The van der Waals surface area contributed by atoms with Crippen molar-refractivity contribution < 1.29 is 10.5 Å². The van der Waals surface area contributed by atoms with Gasteiger partial charge in [0.2, 0.25) is 0 Å². The van der Waals surface area contributed by atoms with Gasteiger partial charge < -0.3 is 4.57 Å². The first kappa shape index (κ1) is 14.6. The number of hydrogen-bond acceptors (Lipinski definition) is 3. The van der Waals surface area contributed by atoms with E-state index in [1.165, 1.54) is 0 Å². The topological polar surface area (TPSA) is 79.8 Å². The van der Waals surface area contributed by atoms with Gasteiger partial charge in [-0.05, 0) is 49.7 Å². The van der Waals surface area contributed by atoms with Crippen LogP contribution in [0.4, 0.5) is 0 Å².